The van der Waals surface area contributed by atoms with Gasteiger partial charge in [-0.05, 0) is 48.6 Å². The highest BCUT2D eigenvalue weighted by Gasteiger charge is 2.42. The number of para-hydroxylation sites is 1. The topological polar surface area (TPSA) is 46.9 Å². The second kappa shape index (κ2) is 6.85. The zero-order valence-corrected chi connectivity index (χ0v) is 18.1. The lowest BCUT2D eigenvalue weighted by Crippen LogP contribution is -2.34. The van der Waals surface area contributed by atoms with Gasteiger partial charge in [-0.2, -0.15) is 5.10 Å². The van der Waals surface area contributed by atoms with Crippen LogP contribution in [-0.2, 0) is 4.79 Å². The number of carbonyl (C=O) groups is 1. The number of carbonyl (C=O) groups excluding carboxylic acids is 1. The van der Waals surface area contributed by atoms with E-state index in [4.69, 9.17) is 16.7 Å². The minimum Gasteiger partial charge on any atom is -0.343 e. The van der Waals surface area contributed by atoms with Gasteiger partial charge in [-0.3, -0.25) is 4.79 Å². The van der Waals surface area contributed by atoms with E-state index in [9.17, 15) is 4.79 Å². The van der Waals surface area contributed by atoms with Crippen LogP contribution in [0.15, 0.2) is 65.9 Å². The van der Waals surface area contributed by atoms with Gasteiger partial charge in [-0.25, -0.2) is 4.68 Å². The Bertz CT molecular complexity index is 1170. The van der Waals surface area contributed by atoms with Crippen molar-refractivity contribution in [2.45, 2.75) is 39.5 Å². The van der Waals surface area contributed by atoms with Crippen LogP contribution in [0.2, 0.25) is 5.02 Å². The largest absolute Gasteiger partial charge is 0.343 e. The summed E-state index contributed by atoms with van der Waals surface area (Å²) in [7, 11) is 0. The first kappa shape index (κ1) is 19.1. The molecular formula is C25H24ClN3O. The molecule has 2 aliphatic rings. The van der Waals surface area contributed by atoms with Crippen molar-refractivity contribution in [3.05, 3.63) is 87.7 Å². The molecule has 1 aliphatic heterocycles. The van der Waals surface area contributed by atoms with E-state index < -0.39 is 0 Å². The van der Waals surface area contributed by atoms with Crippen LogP contribution >= 0.6 is 11.6 Å². The van der Waals surface area contributed by atoms with Crippen molar-refractivity contribution in [1.29, 1.82) is 0 Å². The van der Waals surface area contributed by atoms with Crippen molar-refractivity contribution >= 4 is 23.2 Å². The maximum atomic E-state index is 13.3. The van der Waals surface area contributed by atoms with Gasteiger partial charge in [0.1, 0.15) is 5.82 Å². The quantitative estimate of drug-likeness (QED) is 0.553. The van der Waals surface area contributed by atoms with Gasteiger partial charge in [0.05, 0.1) is 11.4 Å². The summed E-state index contributed by atoms with van der Waals surface area (Å²) in [4.78, 5) is 13.3. The number of halogens is 1. The molecule has 0 saturated carbocycles. The average molecular weight is 418 g/mol. The van der Waals surface area contributed by atoms with Crippen molar-refractivity contribution in [2.75, 3.05) is 5.32 Å². The van der Waals surface area contributed by atoms with Crippen LogP contribution in [0.25, 0.3) is 5.69 Å². The van der Waals surface area contributed by atoms with E-state index in [1.165, 1.54) is 0 Å². The number of benzene rings is 2. The van der Waals surface area contributed by atoms with Crippen LogP contribution < -0.4 is 5.32 Å². The zero-order chi connectivity index (χ0) is 21.0. The lowest BCUT2D eigenvalue weighted by molar-refractivity contribution is -0.118. The maximum absolute atomic E-state index is 13.3. The molecule has 0 spiro atoms. The highest BCUT2D eigenvalue weighted by molar-refractivity contribution is 6.30. The molecular weight excluding hydrogens is 394 g/mol. The minimum atomic E-state index is -0.144. The van der Waals surface area contributed by atoms with Crippen molar-refractivity contribution in [3.63, 3.8) is 0 Å². The van der Waals surface area contributed by atoms with Crippen molar-refractivity contribution in [1.82, 2.24) is 9.78 Å². The Morgan fingerprint density at radius 3 is 2.47 bits per heavy atom. The molecule has 1 aromatic heterocycles. The highest BCUT2D eigenvalue weighted by Crippen LogP contribution is 2.50. The van der Waals surface area contributed by atoms with E-state index in [0.29, 0.717) is 11.4 Å². The number of fused-ring (bicyclic) bond motifs is 1. The molecule has 0 amide bonds. The molecule has 5 rings (SSSR count). The van der Waals surface area contributed by atoms with Crippen LogP contribution in [-0.4, -0.2) is 15.6 Å². The van der Waals surface area contributed by atoms with Gasteiger partial charge >= 0.3 is 0 Å². The summed E-state index contributed by atoms with van der Waals surface area (Å²) in [5.41, 5.74) is 5.87. The van der Waals surface area contributed by atoms with E-state index in [0.717, 1.165) is 46.0 Å². The molecule has 3 aromatic rings. The first-order valence-corrected chi connectivity index (χ1v) is 10.7. The number of anilines is 1. The number of nitrogens with one attached hydrogen (secondary N) is 1. The number of nitrogens with zero attached hydrogens (tertiary/aromatic N) is 2. The van der Waals surface area contributed by atoms with Crippen LogP contribution in [0.5, 0.6) is 0 Å². The molecule has 0 bridgehead atoms. The van der Waals surface area contributed by atoms with E-state index in [1.807, 2.05) is 66.2 Å². The molecule has 4 nitrogen and oxygen atoms in total. The van der Waals surface area contributed by atoms with Gasteiger partial charge in [0.25, 0.3) is 0 Å². The molecule has 30 heavy (non-hydrogen) atoms. The molecule has 0 saturated heterocycles. The van der Waals surface area contributed by atoms with Gasteiger partial charge < -0.3 is 5.32 Å². The lowest BCUT2D eigenvalue weighted by atomic mass is 9.69. The molecule has 2 aromatic carbocycles. The predicted octanol–water partition coefficient (Wildman–Crippen LogP) is 6.03. The summed E-state index contributed by atoms with van der Waals surface area (Å²) in [6, 6.07) is 18.0. The number of aryl methyl sites for hydroxylation is 1. The molecule has 0 fully saturated rings. The first-order chi connectivity index (χ1) is 14.3. The van der Waals surface area contributed by atoms with Crippen LogP contribution in [0.3, 0.4) is 0 Å². The third-order valence-corrected chi connectivity index (χ3v) is 6.33. The Hall–Kier alpha value is -2.85. The van der Waals surface area contributed by atoms with Crippen LogP contribution in [0, 0.1) is 12.3 Å². The number of hydrogen-bond acceptors (Lipinski definition) is 3. The maximum Gasteiger partial charge on any atom is 0.162 e. The smallest absolute Gasteiger partial charge is 0.162 e. The Labute approximate surface area is 181 Å². The predicted molar refractivity (Wildman–Crippen MR) is 120 cm³/mol. The second-order valence-corrected chi connectivity index (χ2v) is 9.47. The van der Waals surface area contributed by atoms with Crippen LogP contribution in [0.4, 0.5) is 5.82 Å². The van der Waals surface area contributed by atoms with Gasteiger partial charge in [0.15, 0.2) is 5.78 Å². The summed E-state index contributed by atoms with van der Waals surface area (Å²) in [5, 5.41) is 9.17. The summed E-state index contributed by atoms with van der Waals surface area (Å²) >= 11 is 6.16. The number of Topliss-reactive ketones (excluding diaryl/α,β-unsaturated/α-hetero) is 1. The second-order valence-electron chi connectivity index (χ2n) is 9.04. The van der Waals surface area contributed by atoms with Gasteiger partial charge in [0.2, 0.25) is 0 Å². The Morgan fingerprint density at radius 2 is 1.77 bits per heavy atom. The third kappa shape index (κ3) is 3.07. The molecule has 2 heterocycles. The summed E-state index contributed by atoms with van der Waals surface area (Å²) < 4.78 is 1.96. The van der Waals surface area contributed by atoms with Gasteiger partial charge in [-0.1, -0.05) is 55.8 Å². The number of hydrogen-bond donors (Lipinski definition) is 1. The lowest BCUT2D eigenvalue weighted by Gasteiger charge is -2.38. The molecule has 152 valence electrons. The fraction of sp³-hybridized carbons (Fsp3) is 0.280. The number of aromatic nitrogens is 2. The van der Waals surface area contributed by atoms with Gasteiger partial charge in [0, 0.05) is 34.2 Å². The standard InChI is InChI=1S/C25H24ClN3O/c1-15-21-22(16-9-11-17(26)12-10-16)23-19(13-25(2,3)14-20(23)30)27-24(21)29(28-15)18-7-5-4-6-8-18/h4-12,22,27H,13-14H2,1-3H3. The fourth-order valence-electron chi connectivity index (χ4n) is 4.82. The molecule has 0 radical (unpaired) electrons. The molecule has 1 aliphatic carbocycles. The molecule has 1 atom stereocenters. The van der Waals surface area contributed by atoms with E-state index in [2.05, 4.69) is 19.2 Å². The SMILES string of the molecule is Cc1nn(-c2ccccc2)c2c1C(c1ccc(Cl)cc1)C1=C(CC(C)(C)CC1=O)N2. The number of allylic oxidation sites excluding steroid dienone is 2. The Morgan fingerprint density at radius 1 is 1.07 bits per heavy atom. The monoisotopic (exact) mass is 417 g/mol. The number of rotatable bonds is 2. The fourth-order valence-corrected chi connectivity index (χ4v) is 4.94. The Balaban J connectivity index is 1.76. The minimum absolute atomic E-state index is 0.0718. The van der Waals surface area contributed by atoms with Crippen LogP contribution in [0.1, 0.15) is 49.4 Å². The van der Waals surface area contributed by atoms with Crippen molar-refractivity contribution in [3.8, 4) is 5.69 Å². The molecule has 5 heteroatoms. The average Bonchev–Trinajstić information content (AvgIpc) is 3.03. The normalized spacial score (nSPS) is 19.9. The van der Waals surface area contributed by atoms with Gasteiger partial charge in [-0.15, -0.1) is 0 Å². The molecule has 1 N–H and O–H groups in total. The van der Waals surface area contributed by atoms with E-state index in [-0.39, 0.29) is 17.1 Å². The van der Waals surface area contributed by atoms with Crippen molar-refractivity contribution in [2.24, 2.45) is 5.41 Å². The van der Waals surface area contributed by atoms with E-state index in [1.54, 1.807) is 0 Å². The van der Waals surface area contributed by atoms with Crippen molar-refractivity contribution < 1.29 is 4.79 Å². The summed E-state index contributed by atoms with van der Waals surface area (Å²) in [6.07, 6.45) is 1.38. The summed E-state index contributed by atoms with van der Waals surface area (Å²) in [5.74, 6) is 1.02. The zero-order valence-electron chi connectivity index (χ0n) is 17.4. The third-order valence-electron chi connectivity index (χ3n) is 6.08. The number of ketones is 1. The highest BCUT2D eigenvalue weighted by atomic mass is 35.5. The first-order valence-electron chi connectivity index (χ1n) is 10.3. The van der Waals surface area contributed by atoms with E-state index >= 15 is 0 Å². The Kier molecular flexibility index (Phi) is 4.37. The molecule has 1 unspecified atom stereocenters. The summed E-state index contributed by atoms with van der Waals surface area (Å²) in [6.45, 7) is 6.33.